The molecule has 1 aromatic rings. The SMILES string of the molecule is CC.CC.CC1=C(S/C(NC(N)=O)=C(\C)C(N)=O)c2cc(S(C)=O)ccc2CC1. The van der Waals surface area contributed by atoms with Gasteiger partial charge in [0.1, 0.15) is 0 Å². The number of aryl methyl sites for hydroxylation is 1. The summed E-state index contributed by atoms with van der Waals surface area (Å²) in [4.78, 5) is 24.5. The number of nitrogens with two attached hydrogens (primary N) is 2. The molecule has 1 aliphatic rings. The van der Waals surface area contributed by atoms with E-state index in [2.05, 4.69) is 5.32 Å². The molecule has 162 valence electrons. The van der Waals surface area contributed by atoms with Gasteiger partial charge in [-0.1, -0.05) is 51.1 Å². The highest BCUT2D eigenvalue weighted by atomic mass is 32.2. The van der Waals surface area contributed by atoms with Crippen LogP contribution in [0, 0.1) is 0 Å². The molecule has 0 fully saturated rings. The molecule has 1 aliphatic carbocycles. The second-order valence-corrected chi connectivity index (χ2v) is 8.19. The first kappa shape index (κ1) is 26.9. The van der Waals surface area contributed by atoms with Gasteiger partial charge in [-0.3, -0.25) is 9.00 Å². The number of carbonyl (C=O) groups excluding carboxylic acids is 2. The van der Waals surface area contributed by atoms with E-state index in [0.29, 0.717) is 5.03 Å². The Bertz CT molecular complexity index is 830. The Balaban J connectivity index is 0.00000184. The lowest BCUT2D eigenvalue weighted by molar-refractivity contribution is -0.114. The molecule has 1 unspecified atom stereocenters. The lowest BCUT2D eigenvalue weighted by Gasteiger charge is -2.23. The van der Waals surface area contributed by atoms with E-state index in [0.717, 1.165) is 39.3 Å². The fraction of sp³-hybridized carbons (Fsp3) is 0.429. The summed E-state index contributed by atoms with van der Waals surface area (Å²) < 4.78 is 11.8. The molecule has 0 radical (unpaired) electrons. The van der Waals surface area contributed by atoms with Gasteiger partial charge < -0.3 is 16.8 Å². The molecule has 0 spiro atoms. The number of carbonyl (C=O) groups is 2. The van der Waals surface area contributed by atoms with Crippen molar-refractivity contribution in [2.75, 3.05) is 6.26 Å². The van der Waals surface area contributed by atoms with Crippen molar-refractivity contribution in [2.45, 2.75) is 59.3 Å². The summed E-state index contributed by atoms with van der Waals surface area (Å²) in [6.45, 7) is 11.5. The first-order valence-electron chi connectivity index (χ1n) is 9.62. The minimum Gasteiger partial charge on any atom is -0.366 e. The first-order chi connectivity index (χ1) is 13.7. The Morgan fingerprint density at radius 2 is 1.69 bits per heavy atom. The van der Waals surface area contributed by atoms with E-state index in [-0.39, 0.29) is 5.57 Å². The zero-order chi connectivity index (χ0) is 22.7. The third-order valence-electron chi connectivity index (χ3n) is 3.97. The Kier molecular flexibility index (Phi) is 12.3. The quantitative estimate of drug-likeness (QED) is 0.594. The van der Waals surface area contributed by atoms with Crippen LogP contribution in [0.1, 0.15) is 59.1 Å². The zero-order valence-electron chi connectivity index (χ0n) is 18.3. The average molecular weight is 440 g/mol. The lowest BCUT2D eigenvalue weighted by atomic mass is 9.93. The maximum Gasteiger partial charge on any atom is 0.317 e. The van der Waals surface area contributed by atoms with E-state index >= 15 is 0 Å². The van der Waals surface area contributed by atoms with Crippen LogP contribution < -0.4 is 16.8 Å². The summed E-state index contributed by atoms with van der Waals surface area (Å²) in [5.74, 6) is -0.631. The third-order valence-corrected chi connectivity index (χ3v) is 6.27. The maximum absolute atomic E-state index is 11.8. The minimum absolute atomic E-state index is 0.228. The van der Waals surface area contributed by atoms with E-state index in [1.807, 2.05) is 52.8 Å². The molecule has 1 atom stereocenters. The Morgan fingerprint density at radius 1 is 1.10 bits per heavy atom. The van der Waals surface area contributed by atoms with Gasteiger partial charge in [0, 0.05) is 32.4 Å². The van der Waals surface area contributed by atoms with Gasteiger partial charge in [0.15, 0.2) is 0 Å². The monoisotopic (exact) mass is 439 g/mol. The van der Waals surface area contributed by atoms with Crippen LogP contribution >= 0.6 is 11.8 Å². The predicted octanol–water partition coefficient (Wildman–Crippen LogP) is 4.27. The van der Waals surface area contributed by atoms with Crippen LogP contribution in [0.5, 0.6) is 0 Å². The molecule has 0 aliphatic heterocycles. The molecule has 2 rings (SSSR count). The van der Waals surface area contributed by atoms with Gasteiger partial charge in [-0.2, -0.15) is 0 Å². The van der Waals surface area contributed by atoms with Crippen molar-refractivity contribution in [3.05, 3.63) is 45.5 Å². The molecule has 3 amide bonds. The van der Waals surface area contributed by atoms with Crippen LogP contribution in [0.2, 0.25) is 0 Å². The number of allylic oxidation sites excluding steroid dienone is 1. The topological polar surface area (TPSA) is 115 Å². The second kappa shape index (κ2) is 13.2. The highest BCUT2D eigenvalue weighted by Crippen LogP contribution is 2.42. The molecular formula is C21H33N3O3S2. The number of nitrogens with one attached hydrogen (secondary N) is 1. The van der Waals surface area contributed by atoms with Crippen LogP contribution in [-0.4, -0.2) is 22.4 Å². The molecule has 29 heavy (non-hydrogen) atoms. The molecule has 5 N–H and O–H groups in total. The van der Waals surface area contributed by atoms with Crippen LogP contribution in [0.15, 0.2) is 39.3 Å². The van der Waals surface area contributed by atoms with Crippen LogP contribution in [0.3, 0.4) is 0 Å². The normalized spacial score (nSPS) is 14.2. The highest BCUT2D eigenvalue weighted by Gasteiger charge is 2.22. The van der Waals surface area contributed by atoms with Crippen molar-refractivity contribution in [3.8, 4) is 0 Å². The summed E-state index contributed by atoms with van der Waals surface area (Å²) in [5, 5.41) is 2.79. The van der Waals surface area contributed by atoms with E-state index in [1.165, 1.54) is 18.7 Å². The van der Waals surface area contributed by atoms with Gasteiger partial charge >= 0.3 is 6.03 Å². The number of fused-ring (bicyclic) bond motifs is 1. The first-order valence-corrected chi connectivity index (χ1v) is 12.0. The van der Waals surface area contributed by atoms with Crippen LogP contribution in [0.4, 0.5) is 4.79 Å². The van der Waals surface area contributed by atoms with Gasteiger partial charge in [0.25, 0.3) is 0 Å². The van der Waals surface area contributed by atoms with E-state index in [9.17, 15) is 13.8 Å². The second-order valence-electron chi connectivity index (χ2n) is 5.79. The number of hydrogen-bond donors (Lipinski definition) is 3. The summed E-state index contributed by atoms with van der Waals surface area (Å²) >= 11 is 1.25. The molecule has 6 nitrogen and oxygen atoms in total. The third kappa shape index (κ3) is 7.70. The average Bonchev–Trinajstić information content (AvgIpc) is 2.71. The van der Waals surface area contributed by atoms with Gasteiger partial charge in [-0.25, -0.2) is 4.79 Å². The Hall–Kier alpha value is -2.06. The molecule has 0 saturated carbocycles. The molecular weight excluding hydrogens is 406 g/mol. The standard InChI is InChI=1S/C17H21N3O3S2.2C2H6/c1-9-4-5-11-6-7-12(25(3)23)8-13(11)14(9)24-16(20-17(19)22)10(2)15(18)21;2*1-2/h6-8H,4-5H2,1-3H3,(H2,18,21)(H3,19,20,22);2*1-2H3/b16-10+;;. The van der Waals surface area contributed by atoms with Crippen LogP contribution in [0.25, 0.3) is 4.91 Å². The molecule has 0 heterocycles. The van der Waals surface area contributed by atoms with Crippen molar-refractivity contribution in [3.63, 3.8) is 0 Å². The minimum atomic E-state index is -1.10. The van der Waals surface area contributed by atoms with E-state index in [4.69, 9.17) is 11.5 Å². The van der Waals surface area contributed by atoms with Crippen molar-refractivity contribution in [1.29, 1.82) is 0 Å². The summed E-state index contributed by atoms with van der Waals surface area (Å²) in [7, 11) is -1.10. The van der Waals surface area contributed by atoms with Crippen molar-refractivity contribution in [1.82, 2.24) is 5.32 Å². The smallest absolute Gasteiger partial charge is 0.317 e. The lowest BCUT2D eigenvalue weighted by Crippen LogP contribution is -2.30. The Labute approximate surface area is 181 Å². The number of rotatable bonds is 5. The number of benzene rings is 1. The van der Waals surface area contributed by atoms with Crippen molar-refractivity contribution < 1.29 is 13.8 Å². The maximum atomic E-state index is 11.8. The highest BCUT2D eigenvalue weighted by molar-refractivity contribution is 8.11. The Morgan fingerprint density at radius 3 is 2.17 bits per heavy atom. The number of urea groups is 1. The predicted molar refractivity (Wildman–Crippen MR) is 125 cm³/mol. The van der Waals surface area contributed by atoms with E-state index in [1.54, 1.807) is 6.26 Å². The molecule has 1 aromatic carbocycles. The largest absolute Gasteiger partial charge is 0.366 e. The molecule has 8 heteroatoms. The zero-order valence-corrected chi connectivity index (χ0v) is 20.0. The number of hydrogen-bond acceptors (Lipinski definition) is 4. The van der Waals surface area contributed by atoms with Crippen LogP contribution in [-0.2, 0) is 22.0 Å². The fourth-order valence-electron chi connectivity index (χ4n) is 2.49. The summed E-state index contributed by atoms with van der Waals surface area (Å²) in [5.41, 5.74) is 14.0. The summed E-state index contributed by atoms with van der Waals surface area (Å²) in [6, 6.07) is 4.98. The van der Waals surface area contributed by atoms with E-state index < -0.39 is 22.7 Å². The fourth-order valence-corrected chi connectivity index (χ4v) is 4.22. The number of primary amides is 2. The number of amides is 3. The molecule has 0 bridgehead atoms. The van der Waals surface area contributed by atoms with Crippen molar-refractivity contribution >= 4 is 39.4 Å². The number of thioether (sulfide) groups is 1. The van der Waals surface area contributed by atoms with Gasteiger partial charge in [-0.15, -0.1) is 0 Å². The van der Waals surface area contributed by atoms with Gasteiger partial charge in [-0.05, 0) is 49.9 Å². The van der Waals surface area contributed by atoms with Gasteiger partial charge in [0.05, 0.1) is 5.03 Å². The van der Waals surface area contributed by atoms with Crippen molar-refractivity contribution in [2.24, 2.45) is 11.5 Å². The molecule has 0 aromatic heterocycles. The molecule has 0 saturated heterocycles. The summed E-state index contributed by atoms with van der Waals surface area (Å²) in [6.07, 6.45) is 3.38. The van der Waals surface area contributed by atoms with Gasteiger partial charge in [0.2, 0.25) is 5.91 Å².